The summed E-state index contributed by atoms with van der Waals surface area (Å²) in [6.07, 6.45) is -1.49. The maximum Gasteiger partial charge on any atom is 0.414 e. The molecule has 5 nitrogen and oxygen atoms in total. The van der Waals surface area contributed by atoms with Gasteiger partial charge in [-0.15, -0.1) is 0 Å². The van der Waals surface area contributed by atoms with Crippen molar-refractivity contribution < 1.29 is 28.2 Å². The zero-order chi connectivity index (χ0) is 15.1. The summed E-state index contributed by atoms with van der Waals surface area (Å²) in [5.74, 6) is -2.46. The van der Waals surface area contributed by atoms with Crippen LogP contribution in [0.2, 0.25) is 0 Å². The second-order valence-electron chi connectivity index (χ2n) is 5.00. The number of rotatable bonds is 1. The van der Waals surface area contributed by atoms with Crippen molar-refractivity contribution in [3.05, 3.63) is 35.4 Å². The van der Waals surface area contributed by atoms with Gasteiger partial charge in [-0.05, 0) is 31.5 Å². The van der Waals surface area contributed by atoms with Crippen LogP contribution >= 0.6 is 0 Å². The Kier molecular flexibility index (Phi) is 3.47. The highest BCUT2D eigenvalue weighted by atomic mass is 19.1. The molecule has 1 aliphatic heterocycles. The molecule has 0 bridgehead atoms. The van der Waals surface area contributed by atoms with Crippen molar-refractivity contribution >= 4 is 12.0 Å². The van der Waals surface area contributed by atoms with E-state index in [1.165, 1.54) is 13.8 Å². The minimum absolute atomic E-state index is 0.0359. The Hall–Kier alpha value is -2.02. The quantitative estimate of drug-likeness (QED) is 0.860. The van der Waals surface area contributed by atoms with Crippen molar-refractivity contribution in [3.8, 4) is 0 Å². The van der Waals surface area contributed by atoms with Crippen molar-refractivity contribution in [3.63, 3.8) is 0 Å². The SMILES string of the molecule is CC1(C)OC[C@@H](c2cc(F)cc(F)c2)N(C(=O)O)C1=O. The second kappa shape index (κ2) is 4.82. The molecular weight excluding hydrogens is 272 g/mol. The molecule has 1 aromatic carbocycles. The van der Waals surface area contributed by atoms with Gasteiger partial charge in [0.2, 0.25) is 0 Å². The molecule has 20 heavy (non-hydrogen) atoms. The lowest BCUT2D eigenvalue weighted by molar-refractivity contribution is -0.170. The number of carbonyl (C=O) groups excluding carboxylic acids is 1. The average Bonchev–Trinajstić information content (AvgIpc) is 2.30. The van der Waals surface area contributed by atoms with Gasteiger partial charge in [-0.3, -0.25) is 4.79 Å². The Labute approximate surface area is 113 Å². The normalized spacial score (nSPS) is 21.9. The maximum absolute atomic E-state index is 13.2. The Balaban J connectivity index is 2.44. The number of nitrogens with zero attached hydrogens (tertiary/aromatic N) is 1. The van der Waals surface area contributed by atoms with Crippen LogP contribution in [-0.2, 0) is 9.53 Å². The fourth-order valence-corrected chi connectivity index (χ4v) is 2.09. The molecule has 0 radical (unpaired) electrons. The van der Waals surface area contributed by atoms with Gasteiger partial charge < -0.3 is 9.84 Å². The van der Waals surface area contributed by atoms with Crippen molar-refractivity contribution in [2.24, 2.45) is 0 Å². The Morgan fingerprint density at radius 3 is 2.40 bits per heavy atom. The van der Waals surface area contributed by atoms with Crippen LogP contribution in [0.1, 0.15) is 25.5 Å². The number of hydrogen-bond donors (Lipinski definition) is 1. The first-order valence-corrected chi connectivity index (χ1v) is 5.89. The van der Waals surface area contributed by atoms with Crippen molar-refractivity contribution in [2.75, 3.05) is 6.61 Å². The van der Waals surface area contributed by atoms with E-state index in [-0.39, 0.29) is 12.2 Å². The predicted octanol–water partition coefficient (Wildman–Crippen LogP) is 2.32. The number of benzene rings is 1. The van der Waals surface area contributed by atoms with Crippen LogP contribution in [0.5, 0.6) is 0 Å². The first-order chi connectivity index (χ1) is 9.22. The zero-order valence-corrected chi connectivity index (χ0v) is 10.9. The molecule has 0 spiro atoms. The van der Waals surface area contributed by atoms with Gasteiger partial charge in [-0.2, -0.15) is 0 Å². The molecule has 1 saturated heterocycles. The molecular formula is C13H13F2NO4. The first kappa shape index (κ1) is 14.4. The van der Waals surface area contributed by atoms with Gasteiger partial charge in [0, 0.05) is 6.07 Å². The first-order valence-electron chi connectivity index (χ1n) is 5.89. The highest BCUT2D eigenvalue weighted by molar-refractivity contribution is 5.97. The van der Waals surface area contributed by atoms with E-state index >= 15 is 0 Å². The number of morpholine rings is 1. The Bertz CT molecular complexity index is 553. The van der Waals surface area contributed by atoms with E-state index in [1.54, 1.807) is 0 Å². The number of carboxylic acid groups (broad SMARTS) is 1. The largest absolute Gasteiger partial charge is 0.465 e. The number of carbonyl (C=O) groups is 2. The maximum atomic E-state index is 13.2. The van der Waals surface area contributed by atoms with Gasteiger partial charge in [0.25, 0.3) is 5.91 Å². The summed E-state index contributed by atoms with van der Waals surface area (Å²) < 4.78 is 31.8. The Morgan fingerprint density at radius 2 is 1.90 bits per heavy atom. The van der Waals surface area contributed by atoms with Gasteiger partial charge in [-0.1, -0.05) is 0 Å². The summed E-state index contributed by atoms with van der Waals surface area (Å²) in [5.41, 5.74) is -1.26. The molecule has 1 heterocycles. The zero-order valence-electron chi connectivity index (χ0n) is 10.9. The molecule has 1 N–H and O–H groups in total. The van der Waals surface area contributed by atoms with Gasteiger partial charge in [0.1, 0.15) is 17.2 Å². The lowest BCUT2D eigenvalue weighted by Crippen LogP contribution is -2.56. The van der Waals surface area contributed by atoms with Gasteiger partial charge >= 0.3 is 6.09 Å². The summed E-state index contributed by atoms with van der Waals surface area (Å²) in [7, 11) is 0. The van der Waals surface area contributed by atoms with E-state index in [0.717, 1.165) is 12.1 Å². The van der Waals surface area contributed by atoms with Crippen LogP contribution in [-0.4, -0.2) is 34.2 Å². The number of imide groups is 1. The molecule has 2 amide bonds. The van der Waals surface area contributed by atoms with Crippen LogP contribution in [0.15, 0.2) is 18.2 Å². The molecule has 0 unspecified atom stereocenters. The summed E-state index contributed by atoms with van der Waals surface area (Å²) in [6, 6.07) is 1.57. The third kappa shape index (κ3) is 2.49. The van der Waals surface area contributed by atoms with E-state index in [4.69, 9.17) is 4.74 Å². The summed E-state index contributed by atoms with van der Waals surface area (Å²) >= 11 is 0. The molecule has 0 saturated carbocycles. The van der Waals surface area contributed by atoms with E-state index in [9.17, 15) is 23.5 Å². The predicted molar refractivity (Wildman–Crippen MR) is 64.0 cm³/mol. The van der Waals surface area contributed by atoms with E-state index in [2.05, 4.69) is 0 Å². The summed E-state index contributed by atoms with van der Waals surface area (Å²) in [4.78, 5) is 23.9. The Morgan fingerprint density at radius 1 is 1.35 bits per heavy atom. The summed E-state index contributed by atoms with van der Waals surface area (Å²) in [5, 5.41) is 9.17. The van der Waals surface area contributed by atoms with Crippen LogP contribution < -0.4 is 0 Å². The van der Waals surface area contributed by atoms with Crippen LogP contribution in [0.3, 0.4) is 0 Å². The highest BCUT2D eigenvalue weighted by Crippen LogP contribution is 2.32. The molecule has 1 aliphatic rings. The van der Waals surface area contributed by atoms with Gasteiger partial charge in [0.15, 0.2) is 0 Å². The highest BCUT2D eigenvalue weighted by Gasteiger charge is 2.45. The van der Waals surface area contributed by atoms with Gasteiger partial charge in [0.05, 0.1) is 12.6 Å². The third-order valence-corrected chi connectivity index (χ3v) is 3.12. The van der Waals surface area contributed by atoms with E-state index in [0.29, 0.717) is 11.0 Å². The van der Waals surface area contributed by atoms with Crippen molar-refractivity contribution in [1.82, 2.24) is 4.90 Å². The van der Waals surface area contributed by atoms with Crippen LogP contribution in [0.4, 0.5) is 13.6 Å². The third-order valence-electron chi connectivity index (χ3n) is 3.12. The molecule has 0 aromatic heterocycles. The van der Waals surface area contributed by atoms with Crippen molar-refractivity contribution in [1.29, 1.82) is 0 Å². The van der Waals surface area contributed by atoms with Crippen LogP contribution in [0.25, 0.3) is 0 Å². The van der Waals surface area contributed by atoms with Crippen molar-refractivity contribution in [2.45, 2.75) is 25.5 Å². The minimum atomic E-state index is -1.49. The topological polar surface area (TPSA) is 66.8 Å². The fourth-order valence-electron chi connectivity index (χ4n) is 2.09. The molecule has 1 atom stereocenters. The molecule has 7 heteroatoms. The summed E-state index contributed by atoms with van der Waals surface area (Å²) in [6.45, 7) is 2.72. The smallest absolute Gasteiger partial charge is 0.414 e. The number of ether oxygens (including phenoxy) is 1. The number of hydrogen-bond acceptors (Lipinski definition) is 3. The molecule has 2 rings (SSSR count). The lowest BCUT2D eigenvalue weighted by Gasteiger charge is -2.40. The van der Waals surface area contributed by atoms with E-state index < -0.39 is 35.3 Å². The van der Waals surface area contributed by atoms with E-state index in [1.807, 2.05) is 0 Å². The molecule has 1 aromatic rings. The second-order valence-corrected chi connectivity index (χ2v) is 5.00. The number of amides is 2. The fraction of sp³-hybridized carbons (Fsp3) is 0.385. The monoisotopic (exact) mass is 285 g/mol. The van der Waals surface area contributed by atoms with Crippen LogP contribution in [0, 0.1) is 11.6 Å². The molecule has 1 fully saturated rings. The lowest BCUT2D eigenvalue weighted by atomic mass is 9.98. The molecule has 108 valence electrons. The average molecular weight is 285 g/mol. The standard InChI is InChI=1S/C13H13F2NO4/c1-13(2)11(17)16(12(18)19)10(6-20-13)7-3-8(14)5-9(15)4-7/h3-5,10H,6H2,1-2H3,(H,18,19)/t10-/m0/s1. The molecule has 0 aliphatic carbocycles. The number of halogens is 2. The minimum Gasteiger partial charge on any atom is -0.465 e. The van der Waals surface area contributed by atoms with Gasteiger partial charge in [-0.25, -0.2) is 18.5 Å².